The van der Waals surface area contributed by atoms with Crippen LogP contribution < -0.4 is 0 Å². The Morgan fingerprint density at radius 2 is 1.72 bits per heavy atom. The molecule has 3 aromatic rings. The Labute approximate surface area is 144 Å². The van der Waals surface area contributed by atoms with Gasteiger partial charge in [-0.3, -0.25) is 4.79 Å². The van der Waals surface area contributed by atoms with Gasteiger partial charge in [-0.15, -0.1) is 0 Å². The minimum Gasteiger partial charge on any atom is -0.322 e. The van der Waals surface area contributed by atoms with Crippen LogP contribution in [0.2, 0.25) is 0 Å². The van der Waals surface area contributed by atoms with E-state index in [1.54, 1.807) is 30.7 Å². The van der Waals surface area contributed by atoms with Crippen molar-refractivity contribution in [2.75, 3.05) is 5.75 Å². The van der Waals surface area contributed by atoms with E-state index in [0.29, 0.717) is 5.56 Å². The number of rotatable bonds is 1. The van der Waals surface area contributed by atoms with Crippen LogP contribution in [0.15, 0.2) is 66.0 Å². The molecule has 2 aliphatic heterocycles. The van der Waals surface area contributed by atoms with Crippen molar-refractivity contribution in [3.63, 3.8) is 0 Å². The van der Waals surface area contributed by atoms with E-state index in [0.717, 1.165) is 16.8 Å². The first kappa shape index (κ1) is 14.6. The van der Waals surface area contributed by atoms with Crippen LogP contribution in [-0.4, -0.2) is 29.5 Å². The van der Waals surface area contributed by atoms with Gasteiger partial charge < -0.3 is 4.57 Å². The van der Waals surface area contributed by atoms with E-state index in [9.17, 15) is 13.2 Å². The Hall–Kier alpha value is -2.73. The fourth-order valence-corrected chi connectivity index (χ4v) is 5.84. The smallest absolute Gasteiger partial charge is 0.179 e. The van der Waals surface area contributed by atoms with Crippen LogP contribution in [0.5, 0.6) is 0 Å². The third-order valence-electron chi connectivity index (χ3n) is 5.13. The number of carbonyl (C=O) groups is 1. The van der Waals surface area contributed by atoms with Gasteiger partial charge in [0.05, 0.1) is 40.8 Å². The van der Waals surface area contributed by atoms with Gasteiger partial charge in [0.2, 0.25) is 0 Å². The average molecular weight is 350 g/mol. The molecule has 0 aliphatic carbocycles. The quantitative estimate of drug-likeness (QED) is 0.677. The Morgan fingerprint density at radius 3 is 2.56 bits per heavy atom. The zero-order valence-corrected chi connectivity index (χ0v) is 14.0. The van der Waals surface area contributed by atoms with Gasteiger partial charge in [0.1, 0.15) is 0 Å². The third-order valence-corrected chi connectivity index (χ3v) is 6.95. The Balaban J connectivity index is 1.72. The van der Waals surface area contributed by atoms with Gasteiger partial charge in [-0.1, -0.05) is 42.5 Å². The highest BCUT2D eigenvalue weighted by atomic mass is 32.2. The molecule has 0 saturated heterocycles. The summed E-state index contributed by atoms with van der Waals surface area (Å²) in [5.74, 6) is -0.956. The molecule has 2 aromatic carbocycles. The number of nitrogens with zero attached hydrogens (tertiary/aromatic N) is 2. The Morgan fingerprint density at radius 1 is 1.00 bits per heavy atom. The SMILES string of the molecule is O=C1c2ccccc2S(=O)(=O)CC1C1c2ccccc2-c2cncn21. The first-order valence-electron chi connectivity index (χ1n) is 8.05. The second-order valence-corrected chi connectivity index (χ2v) is 8.47. The van der Waals surface area contributed by atoms with Crippen LogP contribution >= 0.6 is 0 Å². The molecule has 1 aromatic heterocycles. The zero-order valence-electron chi connectivity index (χ0n) is 13.2. The molecule has 0 saturated carbocycles. The summed E-state index contributed by atoms with van der Waals surface area (Å²) in [6.45, 7) is 0. The number of hydrogen-bond acceptors (Lipinski definition) is 4. The molecule has 5 rings (SSSR count). The third kappa shape index (κ3) is 1.91. The first-order valence-corrected chi connectivity index (χ1v) is 9.70. The van der Waals surface area contributed by atoms with Crippen molar-refractivity contribution < 1.29 is 13.2 Å². The molecular weight excluding hydrogens is 336 g/mol. The number of ketones is 1. The number of benzene rings is 2. The number of carbonyl (C=O) groups excluding carboxylic acids is 1. The molecular formula is C19H14N2O3S. The molecule has 6 heteroatoms. The number of fused-ring (bicyclic) bond motifs is 4. The second kappa shape index (κ2) is 4.89. The molecule has 124 valence electrons. The molecule has 0 amide bonds. The molecule has 2 aliphatic rings. The molecule has 0 fully saturated rings. The van der Waals surface area contributed by atoms with Gasteiger partial charge in [0.25, 0.3) is 0 Å². The van der Waals surface area contributed by atoms with Crippen molar-refractivity contribution in [1.29, 1.82) is 0 Å². The van der Waals surface area contributed by atoms with Crippen LogP contribution in [0.1, 0.15) is 22.0 Å². The lowest BCUT2D eigenvalue weighted by Crippen LogP contribution is -2.36. The molecule has 0 radical (unpaired) electrons. The van der Waals surface area contributed by atoms with Crippen molar-refractivity contribution in [1.82, 2.24) is 9.55 Å². The van der Waals surface area contributed by atoms with Crippen LogP contribution in [0.25, 0.3) is 11.3 Å². The van der Waals surface area contributed by atoms with E-state index in [4.69, 9.17) is 0 Å². The lowest BCUT2D eigenvalue weighted by Gasteiger charge is -2.29. The Kier molecular flexibility index (Phi) is 2.86. The molecule has 0 spiro atoms. The highest BCUT2D eigenvalue weighted by Crippen LogP contribution is 2.45. The molecule has 0 N–H and O–H groups in total. The van der Waals surface area contributed by atoms with E-state index in [1.807, 2.05) is 28.8 Å². The molecule has 2 unspecified atom stereocenters. The van der Waals surface area contributed by atoms with Gasteiger partial charge in [0.15, 0.2) is 15.6 Å². The Bertz CT molecular complexity index is 1130. The van der Waals surface area contributed by atoms with Crippen LogP contribution in [0.4, 0.5) is 0 Å². The van der Waals surface area contributed by atoms with Crippen LogP contribution in [0, 0.1) is 5.92 Å². The van der Waals surface area contributed by atoms with Crippen LogP contribution in [-0.2, 0) is 9.84 Å². The summed E-state index contributed by atoms with van der Waals surface area (Å²) in [6, 6.07) is 14.0. The largest absolute Gasteiger partial charge is 0.322 e. The number of Topliss-reactive ketones (excluding diaryl/α,β-unsaturated/α-hetero) is 1. The predicted molar refractivity (Wildman–Crippen MR) is 92.1 cm³/mol. The van der Waals surface area contributed by atoms with E-state index < -0.39 is 15.8 Å². The van der Waals surface area contributed by atoms with Gasteiger partial charge in [-0.2, -0.15) is 0 Å². The van der Waals surface area contributed by atoms with Crippen LogP contribution in [0.3, 0.4) is 0 Å². The highest BCUT2D eigenvalue weighted by molar-refractivity contribution is 7.91. The highest BCUT2D eigenvalue weighted by Gasteiger charge is 2.45. The average Bonchev–Trinajstić information content (AvgIpc) is 3.19. The summed E-state index contributed by atoms with van der Waals surface area (Å²) >= 11 is 0. The number of imidazole rings is 1. The fraction of sp³-hybridized carbons (Fsp3) is 0.158. The maximum atomic E-state index is 13.1. The van der Waals surface area contributed by atoms with Crippen molar-refractivity contribution in [3.8, 4) is 11.3 Å². The number of aromatic nitrogens is 2. The van der Waals surface area contributed by atoms with Gasteiger partial charge >= 0.3 is 0 Å². The summed E-state index contributed by atoms with van der Waals surface area (Å²) in [6.07, 6.45) is 3.44. The van der Waals surface area contributed by atoms with Gasteiger partial charge in [-0.25, -0.2) is 13.4 Å². The standard InChI is InChI=1S/C19H14N2O3S/c22-19-14-7-3-4-8-17(14)25(23,24)10-15(19)18-13-6-2-1-5-12(13)16-9-20-11-21(16)18/h1-9,11,15,18H,10H2. The molecule has 2 atom stereocenters. The summed E-state index contributed by atoms with van der Waals surface area (Å²) in [5, 5.41) is 0. The van der Waals surface area contributed by atoms with E-state index in [1.165, 1.54) is 6.07 Å². The predicted octanol–water partition coefficient (Wildman–Crippen LogP) is 2.74. The monoisotopic (exact) mass is 350 g/mol. The van der Waals surface area contributed by atoms with Crippen molar-refractivity contribution in [3.05, 3.63) is 72.2 Å². The first-order chi connectivity index (χ1) is 12.1. The van der Waals surface area contributed by atoms with Crippen molar-refractivity contribution >= 4 is 15.6 Å². The summed E-state index contributed by atoms with van der Waals surface area (Å²) in [4.78, 5) is 17.5. The lowest BCUT2D eigenvalue weighted by molar-refractivity contribution is 0.0899. The topological polar surface area (TPSA) is 69.0 Å². The molecule has 25 heavy (non-hydrogen) atoms. The molecule has 5 nitrogen and oxygen atoms in total. The number of sulfone groups is 1. The summed E-state index contributed by atoms with van der Waals surface area (Å²) < 4.78 is 27.5. The van der Waals surface area contributed by atoms with E-state index in [2.05, 4.69) is 4.98 Å². The maximum Gasteiger partial charge on any atom is 0.179 e. The molecule has 0 bridgehead atoms. The minimum absolute atomic E-state index is 0.119. The van der Waals surface area contributed by atoms with E-state index in [-0.39, 0.29) is 22.5 Å². The fourth-order valence-electron chi connectivity index (χ4n) is 4.06. The van der Waals surface area contributed by atoms with Gasteiger partial charge in [0, 0.05) is 11.1 Å². The maximum absolute atomic E-state index is 13.1. The van der Waals surface area contributed by atoms with Gasteiger partial charge in [-0.05, 0) is 11.6 Å². The molecule has 3 heterocycles. The van der Waals surface area contributed by atoms with E-state index >= 15 is 0 Å². The minimum atomic E-state index is -3.50. The lowest BCUT2D eigenvalue weighted by atomic mass is 9.87. The summed E-state index contributed by atoms with van der Waals surface area (Å²) in [7, 11) is -3.50. The summed E-state index contributed by atoms with van der Waals surface area (Å²) in [5.41, 5.74) is 3.20. The number of hydrogen-bond donors (Lipinski definition) is 0. The van der Waals surface area contributed by atoms with Crippen molar-refractivity contribution in [2.24, 2.45) is 5.92 Å². The normalized spacial score (nSPS) is 23.0. The zero-order chi connectivity index (χ0) is 17.2. The van der Waals surface area contributed by atoms with Crippen molar-refractivity contribution in [2.45, 2.75) is 10.9 Å². The second-order valence-electron chi connectivity index (χ2n) is 6.47.